The topological polar surface area (TPSA) is 68.2 Å². The number of anilines is 1. The van der Waals surface area contributed by atoms with E-state index in [1.807, 2.05) is 6.07 Å². The summed E-state index contributed by atoms with van der Waals surface area (Å²) in [7, 11) is 0. The van der Waals surface area contributed by atoms with Gasteiger partial charge in [-0.3, -0.25) is 15.0 Å². The first-order valence-electron chi connectivity index (χ1n) is 8.76. The van der Waals surface area contributed by atoms with E-state index in [9.17, 15) is 10.1 Å². The number of amides is 1. The first-order valence-corrected chi connectivity index (χ1v) is 9.99. The minimum absolute atomic E-state index is 0.0545. The van der Waals surface area contributed by atoms with Crippen LogP contribution in [-0.2, 0) is 13.0 Å². The SMILES string of the molecule is CC(C)(C)N1CCc2sc(NC(=S)NC(=O)c3ccccc3)c(C#N)c2C1. The number of fused-ring (bicyclic) bond motifs is 1. The van der Waals surface area contributed by atoms with E-state index in [-0.39, 0.29) is 16.6 Å². The van der Waals surface area contributed by atoms with Gasteiger partial charge in [-0.1, -0.05) is 18.2 Å². The standard InChI is InChI=1S/C20H22N4OS2/c1-20(2,3)24-10-9-16-15(12-24)14(11-21)18(27-16)23-19(26)22-17(25)13-7-5-4-6-8-13/h4-8H,9-10,12H2,1-3H3,(H2,22,23,25,26). The minimum atomic E-state index is -0.271. The normalized spacial score (nSPS) is 14.1. The van der Waals surface area contributed by atoms with Crippen LogP contribution in [0.1, 0.15) is 47.1 Å². The second-order valence-electron chi connectivity index (χ2n) is 7.44. The third-order valence-corrected chi connectivity index (χ3v) is 6.01. The maximum Gasteiger partial charge on any atom is 0.257 e. The molecule has 3 rings (SSSR count). The fraction of sp³-hybridized carbons (Fsp3) is 0.350. The van der Waals surface area contributed by atoms with Crippen molar-refractivity contribution in [1.29, 1.82) is 5.26 Å². The summed E-state index contributed by atoms with van der Waals surface area (Å²) in [6.45, 7) is 8.27. The highest BCUT2D eigenvalue weighted by Gasteiger charge is 2.30. The molecule has 7 heteroatoms. The molecule has 140 valence electrons. The van der Waals surface area contributed by atoms with Gasteiger partial charge in [0.1, 0.15) is 11.1 Å². The van der Waals surface area contributed by atoms with Gasteiger partial charge in [-0.25, -0.2) is 0 Å². The quantitative estimate of drug-likeness (QED) is 0.751. The third kappa shape index (κ3) is 4.35. The zero-order chi connectivity index (χ0) is 19.6. The van der Waals surface area contributed by atoms with Gasteiger partial charge in [0.25, 0.3) is 5.91 Å². The average molecular weight is 399 g/mol. The van der Waals surface area contributed by atoms with E-state index in [0.717, 1.165) is 25.1 Å². The summed E-state index contributed by atoms with van der Waals surface area (Å²) in [5.41, 5.74) is 2.29. The molecule has 1 aliphatic heterocycles. The molecule has 0 unspecified atom stereocenters. The highest BCUT2D eigenvalue weighted by atomic mass is 32.1. The second kappa shape index (κ2) is 7.77. The Morgan fingerprint density at radius 3 is 2.63 bits per heavy atom. The van der Waals surface area contributed by atoms with Crippen LogP contribution in [0, 0.1) is 11.3 Å². The number of nitrogens with one attached hydrogen (secondary N) is 2. The van der Waals surface area contributed by atoms with Gasteiger partial charge in [0, 0.05) is 34.6 Å². The van der Waals surface area contributed by atoms with Crippen LogP contribution >= 0.6 is 23.6 Å². The minimum Gasteiger partial charge on any atom is -0.323 e. The van der Waals surface area contributed by atoms with Gasteiger partial charge in [0.15, 0.2) is 5.11 Å². The maximum absolute atomic E-state index is 12.2. The Bertz CT molecular complexity index is 907. The lowest BCUT2D eigenvalue weighted by molar-refractivity contribution is 0.0977. The Morgan fingerprint density at radius 1 is 1.30 bits per heavy atom. The zero-order valence-electron chi connectivity index (χ0n) is 15.6. The molecular weight excluding hydrogens is 376 g/mol. The lowest BCUT2D eigenvalue weighted by Crippen LogP contribution is -2.44. The van der Waals surface area contributed by atoms with Crippen molar-refractivity contribution in [3.8, 4) is 6.07 Å². The molecule has 2 heterocycles. The van der Waals surface area contributed by atoms with Crippen molar-refractivity contribution in [1.82, 2.24) is 10.2 Å². The van der Waals surface area contributed by atoms with Crippen molar-refractivity contribution in [3.63, 3.8) is 0 Å². The van der Waals surface area contributed by atoms with E-state index in [1.165, 1.54) is 4.88 Å². The summed E-state index contributed by atoms with van der Waals surface area (Å²) in [6, 6.07) is 11.2. The lowest BCUT2D eigenvalue weighted by Gasteiger charge is -2.38. The fourth-order valence-electron chi connectivity index (χ4n) is 3.07. The molecule has 0 saturated carbocycles. The molecule has 0 atom stereocenters. The molecule has 1 aromatic carbocycles. The number of carbonyl (C=O) groups is 1. The number of hydrogen-bond acceptors (Lipinski definition) is 5. The van der Waals surface area contributed by atoms with Crippen molar-refractivity contribution < 1.29 is 4.79 Å². The Morgan fingerprint density at radius 2 is 2.00 bits per heavy atom. The van der Waals surface area contributed by atoms with E-state index in [2.05, 4.69) is 42.4 Å². The van der Waals surface area contributed by atoms with Gasteiger partial charge in [0.05, 0.1) is 5.56 Å². The first kappa shape index (κ1) is 19.5. The van der Waals surface area contributed by atoms with Crippen LogP contribution in [-0.4, -0.2) is 28.0 Å². The molecule has 1 amide bonds. The van der Waals surface area contributed by atoms with Gasteiger partial charge >= 0.3 is 0 Å². The molecule has 1 aliphatic rings. The largest absolute Gasteiger partial charge is 0.323 e. The first-order chi connectivity index (χ1) is 12.8. The number of carbonyl (C=O) groups excluding carboxylic acids is 1. The van der Waals surface area contributed by atoms with E-state index in [4.69, 9.17) is 12.2 Å². The van der Waals surface area contributed by atoms with Crippen LogP contribution in [0.5, 0.6) is 0 Å². The van der Waals surface area contributed by atoms with Gasteiger partial charge < -0.3 is 5.32 Å². The lowest BCUT2D eigenvalue weighted by atomic mass is 9.98. The molecule has 0 spiro atoms. The molecule has 5 nitrogen and oxygen atoms in total. The van der Waals surface area contributed by atoms with E-state index in [0.29, 0.717) is 16.1 Å². The van der Waals surface area contributed by atoms with Crippen LogP contribution in [0.15, 0.2) is 30.3 Å². The number of thiophene rings is 1. The predicted molar refractivity (Wildman–Crippen MR) is 113 cm³/mol. The molecule has 2 aromatic rings. The smallest absolute Gasteiger partial charge is 0.257 e. The van der Waals surface area contributed by atoms with Crippen molar-refractivity contribution >= 4 is 39.6 Å². The molecule has 0 bridgehead atoms. The third-order valence-electron chi connectivity index (χ3n) is 4.60. The van der Waals surface area contributed by atoms with E-state index in [1.54, 1.807) is 35.6 Å². The van der Waals surface area contributed by atoms with Gasteiger partial charge in [-0.05, 0) is 51.5 Å². The summed E-state index contributed by atoms with van der Waals surface area (Å²) >= 11 is 6.84. The summed E-state index contributed by atoms with van der Waals surface area (Å²) in [6.07, 6.45) is 0.913. The summed E-state index contributed by atoms with van der Waals surface area (Å²) in [4.78, 5) is 15.8. The second-order valence-corrected chi connectivity index (χ2v) is 8.95. The van der Waals surface area contributed by atoms with Crippen molar-refractivity contribution in [2.45, 2.75) is 39.3 Å². The van der Waals surface area contributed by atoms with Gasteiger partial charge in [0.2, 0.25) is 0 Å². The summed E-state index contributed by atoms with van der Waals surface area (Å²) in [5.74, 6) is -0.271. The van der Waals surface area contributed by atoms with Crippen LogP contribution in [0.3, 0.4) is 0 Å². The molecule has 0 saturated heterocycles. The zero-order valence-corrected chi connectivity index (χ0v) is 17.3. The number of rotatable bonds is 2. The Kier molecular flexibility index (Phi) is 5.61. The number of nitrogens with zero attached hydrogens (tertiary/aromatic N) is 2. The Hall–Kier alpha value is -2.27. The predicted octanol–water partition coefficient (Wildman–Crippen LogP) is 3.90. The van der Waals surface area contributed by atoms with Crippen LogP contribution < -0.4 is 10.6 Å². The number of nitriles is 1. The van der Waals surface area contributed by atoms with E-state index >= 15 is 0 Å². The molecule has 27 heavy (non-hydrogen) atoms. The molecular formula is C20H22N4OS2. The van der Waals surface area contributed by atoms with Crippen molar-refractivity contribution in [2.75, 3.05) is 11.9 Å². The fourth-order valence-corrected chi connectivity index (χ4v) is 4.48. The molecule has 0 aliphatic carbocycles. The molecule has 2 N–H and O–H groups in total. The highest BCUT2D eigenvalue weighted by Crippen LogP contribution is 2.38. The Labute approximate surface area is 169 Å². The monoisotopic (exact) mass is 398 g/mol. The summed E-state index contributed by atoms with van der Waals surface area (Å²) in [5, 5.41) is 16.3. The average Bonchev–Trinajstić information content (AvgIpc) is 2.97. The summed E-state index contributed by atoms with van der Waals surface area (Å²) < 4.78 is 0. The van der Waals surface area contributed by atoms with Crippen LogP contribution in [0.25, 0.3) is 0 Å². The van der Waals surface area contributed by atoms with E-state index < -0.39 is 0 Å². The van der Waals surface area contributed by atoms with Crippen molar-refractivity contribution in [3.05, 3.63) is 51.9 Å². The van der Waals surface area contributed by atoms with Crippen molar-refractivity contribution in [2.24, 2.45) is 0 Å². The Balaban J connectivity index is 1.75. The highest BCUT2D eigenvalue weighted by molar-refractivity contribution is 7.80. The molecule has 0 radical (unpaired) electrons. The van der Waals surface area contributed by atoms with Gasteiger partial charge in [-0.15, -0.1) is 11.3 Å². The van der Waals surface area contributed by atoms with Crippen LogP contribution in [0.4, 0.5) is 5.00 Å². The molecule has 0 fully saturated rings. The number of thiocarbonyl (C=S) groups is 1. The number of benzene rings is 1. The van der Waals surface area contributed by atoms with Crippen LogP contribution in [0.2, 0.25) is 0 Å². The maximum atomic E-state index is 12.2. The van der Waals surface area contributed by atoms with Gasteiger partial charge in [-0.2, -0.15) is 5.26 Å². The number of hydrogen-bond donors (Lipinski definition) is 2. The molecule has 1 aromatic heterocycles.